The second kappa shape index (κ2) is 11.4. The lowest BCUT2D eigenvalue weighted by atomic mass is 9.78. The topological polar surface area (TPSA) is 64.4 Å². The van der Waals surface area contributed by atoms with Crippen molar-refractivity contribution in [1.29, 1.82) is 5.41 Å². The molecule has 1 saturated heterocycles. The number of amidine groups is 1. The molecule has 2 N–H and O–H groups in total. The van der Waals surface area contributed by atoms with Gasteiger partial charge < -0.3 is 10.0 Å². The van der Waals surface area contributed by atoms with Gasteiger partial charge in [-0.3, -0.25) is 10.2 Å². The molecule has 33 heavy (non-hydrogen) atoms. The summed E-state index contributed by atoms with van der Waals surface area (Å²) in [6.07, 6.45) is 4.50. The second-order valence-electron chi connectivity index (χ2n) is 11.9. The summed E-state index contributed by atoms with van der Waals surface area (Å²) in [4.78, 5) is 15.3. The average Bonchev–Trinajstić information content (AvgIpc) is 3.04. The maximum absolute atomic E-state index is 13.3. The van der Waals surface area contributed by atoms with E-state index in [0.717, 1.165) is 36.4 Å². The largest absolute Gasteiger partial charge is 0.507 e. The fourth-order valence-electron chi connectivity index (χ4n) is 5.02. The molecule has 0 bridgehead atoms. The van der Waals surface area contributed by atoms with Crippen molar-refractivity contribution in [3.63, 3.8) is 0 Å². The molecule has 1 aliphatic heterocycles. The van der Waals surface area contributed by atoms with Gasteiger partial charge in [0, 0.05) is 29.2 Å². The van der Waals surface area contributed by atoms with E-state index < -0.39 is 0 Å². The molecule has 2 atom stereocenters. The van der Waals surface area contributed by atoms with E-state index in [1.165, 1.54) is 12.8 Å². The predicted molar refractivity (Wildman–Crippen MR) is 145 cm³/mol. The van der Waals surface area contributed by atoms with E-state index in [4.69, 9.17) is 5.41 Å². The van der Waals surface area contributed by atoms with Gasteiger partial charge in [-0.2, -0.15) is 0 Å². The van der Waals surface area contributed by atoms with Crippen molar-refractivity contribution in [1.82, 2.24) is 4.90 Å². The van der Waals surface area contributed by atoms with Crippen molar-refractivity contribution >= 4 is 28.6 Å². The first-order valence-corrected chi connectivity index (χ1v) is 12.4. The molecule has 1 aromatic carbocycles. The Morgan fingerprint density at radius 1 is 1.09 bits per heavy atom. The van der Waals surface area contributed by atoms with Crippen LogP contribution >= 0.6 is 17.0 Å². The zero-order valence-corrected chi connectivity index (χ0v) is 24.1. The summed E-state index contributed by atoms with van der Waals surface area (Å²) in [6, 6.07) is 3.72. The molecule has 188 valence electrons. The number of phenols is 1. The maximum Gasteiger partial charge on any atom is 0.182 e. The van der Waals surface area contributed by atoms with Crippen LogP contribution in [0.15, 0.2) is 12.1 Å². The number of phenolic OH excluding ortho intramolecular Hbond substituents is 1. The normalized spacial score (nSPS) is 17.9. The van der Waals surface area contributed by atoms with Crippen LogP contribution in [0.1, 0.15) is 109 Å². The molecule has 4 nitrogen and oxygen atoms in total. The standard InChI is InChI=1S/C28H46N2O2.BrH/c1-10-19(11-2)14-18(3)21-12-13-30(26(21)29)17-24(31)20-15-22(27(4,5)6)25(32)23(16-20)28(7,8)9;/h15-16,18-19,21,29,32H,10-14,17H2,1-9H3;1H. The number of nitrogens with zero attached hydrogens (tertiary/aromatic N) is 1. The third kappa shape index (κ3) is 7.07. The molecule has 0 aromatic heterocycles. The third-order valence-corrected chi connectivity index (χ3v) is 7.33. The Morgan fingerprint density at radius 3 is 2.00 bits per heavy atom. The third-order valence-electron chi connectivity index (χ3n) is 7.33. The number of likely N-dealkylation sites (tertiary alicyclic amines) is 1. The average molecular weight is 524 g/mol. The molecular formula is C28H47BrN2O2. The Bertz CT molecular complexity index is 796. The quantitative estimate of drug-likeness (QED) is 0.347. The zero-order valence-electron chi connectivity index (χ0n) is 22.3. The number of benzene rings is 1. The molecule has 1 heterocycles. The molecule has 0 spiro atoms. The summed E-state index contributed by atoms with van der Waals surface area (Å²) in [5.74, 6) is 2.39. The number of Topliss-reactive ketones (excluding diaryl/α,β-unsaturated/α-hetero) is 1. The first kappa shape index (κ1) is 29.7. The number of hydrogen-bond donors (Lipinski definition) is 2. The fourth-order valence-corrected chi connectivity index (χ4v) is 5.02. The highest BCUT2D eigenvalue weighted by Gasteiger charge is 2.34. The van der Waals surface area contributed by atoms with E-state index >= 15 is 0 Å². The number of rotatable bonds is 8. The minimum atomic E-state index is -0.268. The van der Waals surface area contributed by atoms with Crippen LogP contribution in [0.2, 0.25) is 0 Å². The van der Waals surface area contributed by atoms with Crippen LogP contribution in [-0.2, 0) is 10.8 Å². The highest BCUT2D eigenvalue weighted by Crippen LogP contribution is 2.40. The minimum absolute atomic E-state index is 0. The van der Waals surface area contributed by atoms with E-state index in [0.29, 0.717) is 23.1 Å². The van der Waals surface area contributed by atoms with Gasteiger partial charge in [-0.25, -0.2) is 0 Å². The molecule has 1 aliphatic rings. The van der Waals surface area contributed by atoms with Gasteiger partial charge in [0.1, 0.15) is 5.75 Å². The Morgan fingerprint density at radius 2 is 1.58 bits per heavy atom. The van der Waals surface area contributed by atoms with E-state index in [1.807, 2.05) is 17.0 Å². The van der Waals surface area contributed by atoms with Crippen LogP contribution in [0, 0.1) is 23.2 Å². The van der Waals surface area contributed by atoms with Gasteiger partial charge in [0.15, 0.2) is 5.78 Å². The molecule has 2 rings (SSSR count). The number of carbonyl (C=O) groups excluding carboxylic acids is 1. The maximum atomic E-state index is 13.3. The molecule has 0 aliphatic carbocycles. The minimum Gasteiger partial charge on any atom is -0.507 e. The first-order chi connectivity index (χ1) is 14.7. The van der Waals surface area contributed by atoms with Crippen LogP contribution in [0.25, 0.3) is 0 Å². The van der Waals surface area contributed by atoms with Gasteiger partial charge in [0.2, 0.25) is 0 Å². The van der Waals surface area contributed by atoms with Gasteiger partial charge in [0.05, 0.1) is 12.4 Å². The van der Waals surface area contributed by atoms with Gasteiger partial charge >= 0.3 is 0 Å². The summed E-state index contributed by atoms with van der Waals surface area (Å²) in [5, 5.41) is 19.7. The zero-order chi connectivity index (χ0) is 24.4. The number of carbonyl (C=O) groups is 1. The first-order valence-electron chi connectivity index (χ1n) is 12.4. The molecule has 0 radical (unpaired) electrons. The second-order valence-corrected chi connectivity index (χ2v) is 11.9. The number of ketones is 1. The molecular weight excluding hydrogens is 476 g/mol. The van der Waals surface area contributed by atoms with Crippen molar-refractivity contribution in [2.75, 3.05) is 13.1 Å². The van der Waals surface area contributed by atoms with Crippen molar-refractivity contribution in [2.24, 2.45) is 17.8 Å². The Kier molecular flexibility index (Phi) is 10.2. The molecule has 1 aromatic rings. The molecule has 5 heteroatoms. The lowest BCUT2D eigenvalue weighted by Gasteiger charge is -2.28. The van der Waals surface area contributed by atoms with Gasteiger partial charge in [-0.05, 0) is 47.6 Å². The van der Waals surface area contributed by atoms with Crippen molar-refractivity contribution in [3.8, 4) is 5.75 Å². The summed E-state index contributed by atoms with van der Waals surface area (Å²) >= 11 is 0. The highest BCUT2D eigenvalue weighted by molar-refractivity contribution is 8.93. The van der Waals surface area contributed by atoms with E-state index in [2.05, 4.69) is 62.3 Å². The number of halogens is 1. The summed E-state index contributed by atoms with van der Waals surface area (Å²) < 4.78 is 0. The molecule has 0 saturated carbocycles. The summed E-state index contributed by atoms with van der Waals surface area (Å²) in [7, 11) is 0. The number of hydrogen-bond acceptors (Lipinski definition) is 3. The molecule has 0 amide bonds. The lowest BCUT2D eigenvalue weighted by molar-refractivity contribution is 0.0965. The molecule has 2 unspecified atom stereocenters. The van der Waals surface area contributed by atoms with Crippen LogP contribution in [0.5, 0.6) is 5.75 Å². The monoisotopic (exact) mass is 522 g/mol. The molecule has 1 fully saturated rings. The SMILES string of the molecule is Br.CCC(CC)CC(C)C1CCN(CC(=O)c2cc(C(C)(C)C)c(O)c(C(C)(C)C)c2)C1=N. The van der Waals surface area contributed by atoms with Crippen molar-refractivity contribution in [2.45, 2.75) is 98.8 Å². The Hall–Kier alpha value is -1.36. The lowest BCUT2D eigenvalue weighted by Crippen LogP contribution is -2.34. The summed E-state index contributed by atoms with van der Waals surface area (Å²) in [6.45, 7) is 20.2. The van der Waals surface area contributed by atoms with Crippen LogP contribution < -0.4 is 0 Å². The predicted octanol–water partition coefficient (Wildman–Crippen LogP) is 7.51. The van der Waals surface area contributed by atoms with Crippen LogP contribution in [0.3, 0.4) is 0 Å². The Labute approximate surface area is 212 Å². The van der Waals surface area contributed by atoms with Gasteiger partial charge in [0.25, 0.3) is 0 Å². The summed E-state index contributed by atoms with van der Waals surface area (Å²) in [5.41, 5.74) is 1.72. The Balaban J connectivity index is 0.00000544. The van der Waals surface area contributed by atoms with Crippen LogP contribution in [-0.4, -0.2) is 34.7 Å². The van der Waals surface area contributed by atoms with Gasteiger partial charge in [-0.1, -0.05) is 75.2 Å². The van der Waals surface area contributed by atoms with Crippen LogP contribution in [0.4, 0.5) is 0 Å². The van der Waals surface area contributed by atoms with Gasteiger partial charge in [-0.15, -0.1) is 17.0 Å². The number of aromatic hydroxyl groups is 1. The van der Waals surface area contributed by atoms with Crippen molar-refractivity contribution < 1.29 is 9.90 Å². The number of nitrogens with one attached hydrogen (secondary N) is 1. The van der Waals surface area contributed by atoms with E-state index in [1.54, 1.807) is 0 Å². The smallest absolute Gasteiger partial charge is 0.182 e. The van der Waals surface area contributed by atoms with Crippen molar-refractivity contribution in [3.05, 3.63) is 28.8 Å². The fraction of sp³-hybridized carbons (Fsp3) is 0.714. The highest BCUT2D eigenvalue weighted by atomic mass is 79.9. The van der Waals surface area contributed by atoms with E-state index in [-0.39, 0.29) is 46.1 Å². The van der Waals surface area contributed by atoms with E-state index in [9.17, 15) is 9.90 Å².